The molecule has 4 heteroatoms. The van der Waals surface area contributed by atoms with Crippen molar-refractivity contribution in [2.45, 2.75) is 18.9 Å². The van der Waals surface area contributed by atoms with E-state index in [9.17, 15) is 9.90 Å². The van der Waals surface area contributed by atoms with E-state index in [1.165, 1.54) is 11.3 Å². The van der Waals surface area contributed by atoms with Crippen LogP contribution in [0.4, 0.5) is 0 Å². The summed E-state index contributed by atoms with van der Waals surface area (Å²) in [5.74, 6) is -0.959. The lowest BCUT2D eigenvalue weighted by atomic mass is 10.2. The zero-order chi connectivity index (χ0) is 8.97. The second-order valence-corrected chi connectivity index (χ2v) is 3.57. The first-order valence-electron chi connectivity index (χ1n) is 3.60. The van der Waals surface area contributed by atoms with E-state index >= 15 is 0 Å². The molecular formula is C8H10O3S. The molecule has 1 rings (SSSR count). The number of hydrogen-bond donors (Lipinski definition) is 2. The van der Waals surface area contributed by atoms with Gasteiger partial charge in [-0.05, 0) is 11.4 Å². The summed E-state index contributed by atoms with van der Waals surface area (Å²) in [6.07, 6.45) is -0.511. The first kappa shape index (κ1) is 9.22. The summed E-state index contributed by atoms with van der Waals surface area (Å²) < 4.78 is 0. The van der Waals surface area contributed by atoms with E-state index in [4.69, 9.17) is 5.11 Å². The minimum atomic E-state index is -0.959. The number of carboxylic acids is 1. The molecule has 1 aromatic rings. The maximum absolute atomic E-state index is 10.2. The van der Waals surface area contributed by atoms with E-state index in [1.54, 1.807) is 0 Å². The molecule has 1 aromatic heterocycles. The Bertz CT molecular complexity index is 243. The van der Waals surface area contributed by atoms with Crippen molar-refractivity contribution in [3.63, 3.8) is 0 Å². The van der Waals surface area contributed by atoms with Gasteiger partial charge in [0.15, 0.2) is 0 Å². The predicted molar refractivity (Wildman–Crippen MR) is 46.3 cm³/mol. The number of aliphatic hydroxyl groups excluding tert-OH is 1. The SMILES string of the molecule is O=C(O)CC(O)Cc1cccs1. The predicted octanol–water partition coefficient (Wildman–Crippen LogP) is 1.13. The van der Waals surface area contributed by atoms with E-state index in [0.717, 1.165) is 4.88 Å². The number of thiophene rings is 1. The van der Waals surface area contributed by atoms with Gasteiger partial charge in [-0.2, -0.15) is 0 Å². The zero-order valence-corrected chi connectivity index (χ0v) is 7.25. The normalized spacial score (nSPS) is 12.8. The molecule has 66 valence electrons. The van der Waals surface area contributed by atoms with Gasteiger partial charge in [0.25, 0.3) is 0 Å². The van der Waals surface area contributed by atoms with Crippen LogP contribution in [0.5, 0.6) is 0 Å². The highest BCUT2D eigenvalue weighted by Gasteiger charge is 2.10. The van der Waals surface area contributed by atoms with E-state index in [-0.39, 0.29) is 6.42 Å². The molecule has 0 aromatic carbocycles. The summed E-state index contributed by atoms with van der Waals surface area (Å²) in [5, 5.41) is 19.5. The molecule has 1 atom stereocenters. The monoisotopic (exact) mass is 186 g/mol. The van der Waals surface area contributed by atoms with Crippen LogP contribution in [0.25, 0.3) is 0 Å². The van der Waals surface area contributed by atoms with E-state index in [1.807, 2.05) is 17.5 Å². The number of rotatable bonds is 4. The van der Waals surface area contributed by atoms with Crippen molar-refractivity contribution in [2.75, 3.05) is 0 Å². The first-order valence-corrected chi connectivity index (χ1v) is 4.48. The van der Waals surface area contributed by atoms with Gasteiger partial charge in [0.2, 0.25) is 0 Å². The van der Waals surface area contributed by atoms with Crippen LogP contribution in [0.15, 0.2) is 17.5 Å². The molecule has 2 N–H and O–H groups in total. The molecule has 0 amide bonds. The Balaban J connectivity index is 2.36. The minimum absolute atomic E-state index is 0.183. The van der Waals surface area contributed by atoms with Gasteiger partial charge in [-0.25, -0.2) is 0 Å². The van der Waals surface area contributed by atoms with Crippen LogP contribution in [0, 0.1) is 0 Å². The molecule has 12 heavy (non-hydrogen) atoms. The van der Waals surface area contributed by atoms with Gasteiger partial charge in [-0.15, -0.1) is 11.3 Å². The molecule has 0 spiro atoms. The smallest absolute Gasteiger partial charge is 0.305 e. The number of aliphatic carboxylic acids is 1. The van der Waals surface area contributed by atoms with Crippen molar-refractivity contribution in [3.05, 3.63) is 22.4 Å². The van der Waals surface area contributed by atoms with Gasteiger partial charge in [0.05, 0.1) is 12.5 Å². The highest BCUT2D eigenvalue weighted by molar-refractivity contribution is 7.09. The highest BCUT2D eigenvalue weighted by Crippen LogP contribution is 2.12. The standard InChI is InChI=1S/C8H10O3S/c9-6(5-8(10)11)4-7-2-1-3-12-7/h1-3,6,9H,4-5H2,(H,10,11). The Hall–Kier alpha value is -0.870. The Kier molecular flexibility index (Phi) is 3.25. The van der Waals surface area contributed by atoms with Crippen LogP contribution >= 0.6 is 11.3 Å². The third kappa shape index (κ3) is 3.02. The average molecular weight is 186 g/mol. The van der Waals surface area contributed by atoms with E-state index < -0.39 is 12.1 Å². The fraction of sp³-hybridized carbons (Fsp3) is 0.375. The quantitative estimate of drug-likeness (QED) is 0.741. The number of carboxylic acid groups (broad SMARTS) is 1. The Morgan fingerprint density at radius 2 is 2.42 bits per heavy atom. The largest absolute Gasteiger partial charge is 0.481 e. The average Bonchev–Trinajstić information content (AvgIpc) is 2.37. The molecule has 1 unspecified atom stereocenters. The van der Waals surface area contributed by atoms with Gasteiger partial charge in [0, 0.05) is 11.3 Å². The molecule has 0 aliphatic heterocycles. The molecule has 0 aliphatic rings. The number of aliphatic hydroxyl groups is 1. The fourth-order valence-electron chi connectivity index (χ4n) is 0.935. The first-order chi connectivity index (χ1) is 5.68. The van der Waals surface area contributed by atoms with Crippen LogP contribution in [-0.2, 0) is 11.2 Å². The summed E-state index contributed by atoms with van der Waals surface area (Å²) in [4.78, 5) is 11.2. The van der Waals surface area contributed by atoms with Crippen molar-refractivity contribution in [1.82, 2.24) is 0 Å². The number of hydrogen-bond acceptors (Lipinski definition) is 3. The summed E-state index contributed by atoms with van der Waals surface area (Å²) in [6, 6.07) is 3.77. The molecule has 0 saturated heterocycles. The molecule has 0 bridgehead atoms. The molecule has 0 saturated carbocycles. The van der Waals surface area contributed by atoms with Crippen LogP contribution in [0.2, 0.25) is 0 Å². The van der Waals surface area contributed by atoms with Crippen LogP contribution in [-0.4, -0.2) is 22.3 Å². The lowest BCUT2D eigenvalue weighted by Crippen LogP contribution is -2.14. The zero-order valence-electron chi connectivity index (χ0n) is 6.43. The third-order valence-corrected chi connectivity index (χ3v) is 2.33. The molecule has 0 fully saturated rings. The van der Waals surface area contributed by atoms with Crippen LogP contribution < -0.4 is 0 Å². The van der Waals surface area contributed by atoms with Crippen molar-refractivity contribution >= 4 is 17.3 Å². The van der Waals surface area contributed by atoms with Gasteiger partial charge in [0.1, 0.15) is 0 Å². The molecule has 1 heterocycles. The lowest BCUT2D eigenvalue weighted by molar-refractivity contribution is -0.139. The lowest BCUT2D eigenvalue weighted by Gasteiger charge is -2.04. The maximum atomic E-state index is 10.2. The Labute approximate surface area is 74.3 Å². The van der Waals surface area contributed by atoms with Crippen molar-refractivity contribution in [3.8, 4) is 0 Å². The van der Waals surface area contributed by atoms with Gasteiger partial charge in [-0.3, -0.25) is 4.79 Å². The van der Waals surface area contributed by atoms with Crippen LogP contribution in [0.1, 0.15) is 11.3 Å². The van der Waals surface area contributed by atoms with Crippen molar-refractivity contribution < 1.29 is 15.0 Å². The number of carbonyl (C=O) groups is 1. The molecule has 0 radical (unpaired) electrons. The third-order valence-electron chi connectivity index (χ3n) is 1.43. The van der Waals surface area contributed by atoms with Crippen molar-refractivity contribution in [2.24, 2.45) is 0 Å². The second-order valence-electron chi connectivity index (χ2n) is 2.54. The van der Waals surface area contributed by atoms with Gasteiger partial charge >= 0.3 is 5.97 Å². The van der Waals surface area contributed by atoms with Gasteiger partial charge < -0.3 is 10.2 Å². The van der Waals surface area contributed by atoms with E-state index in [2.05, 4.69) is 0 Å². The summed E-state index contributed by atoms with van der Waals surface area (Å²) in [7, 11) is 0. The molecule has 3 nitrogen and oxygen atoms in total. The van der Waals surface area contributed by atoms with Crippen LogP contribution in [0.3, 0.4) is 0 Å². The minimum Gasteiger partial charge on any atom is -0.481 e. The fourth-order valence-corrected chi connectivity index (χ4v) is 1.71. The molecule has 0 aliphatic carbocycles. The maximum Gasteiger partial charge on any atom is 0.305 e. The Morgan fingerprint density at radius 3 is 2.92 bits per heavy atom. The topological polar surface area (TPSA) is 57.5 Å². The van der Waals surface area contributed by atoms with E-state index in [0.29, 0.717) is 6.42 Å². The van der Waals surface area contributed by atoms with Gasteiger partial charge in [-0.1, -0.05) is 6.07 Å². The summed E-state index contributed by atoms with van der Waals surface area (Å²) in [5.41, 5.74) is 0. The Morgan fingerprint density at radius 1 is 1.67 bits per heavy atom. The second kappa shape index (κ2) is 4.23. The molecular weight excluding hydrogens is 176 g/mol. The van der Waals surface area contributed by atoms with Crippen molar-refractivity contribution in [1.29, 1.82) is 0 Å². The highest BCUT2D eigenvalue weighted by atomic mass is 32.1. The summed E-state index contributed by atoms with van der Waals surface area (Å²) in [6.45, 7) is 0. The summed E-state index contributed by atoms with van der Waals surface area (Å²) >= 11 is 1.53.